The molecule has 0 radical (unpaired) electrons. The number of fused-ring (bicyclic) bond motifs is 1. The van der Waals surface area contributed by atoms with E-state index in [1.54, 1.807) is 14.2 Å². The summed E-state index contributed by atoms with van der Waals surface area (Å²) in [6.07, 6.45) is 5.53. The highest BCUT2D eigenvalue weighted by molar-refractivity contribution is 7.99. The highest BCUT2D eigenvalue weighted by atomic mass is 32.2. The van der Waals surface area contributed by atoms with Crippen molar-refractivity contribution in [2.45, 2.75) is 55.3 Å². The van der Waals surface area contributed by atoms with Crippen LogP contribution in [0.3, 0.4) is 0 Å². The standard InChI is InChI=1S/C24H32O3S/c1-24(18-9-11-19(26-2)12-10-18)17-28-23-16-20(27-3)13-14-21(23)22(24)8-6-4-5-7-15-25/h9-14,16,22,25H,4-8,15,17H2,1-3H3. The van der Waals surface area contributed by atoms with E-state index in [4.69, 9.17) is 14.6 Å². The first kappa shape index (κ1) is 21.1. The molecule has 1 heterocycles. The summed E-state index contributed by atoms with van der Waals surface area (Å²) in [5.41, 5.74) is 2.90. The number of aliphatic hydroxyl groups is 1. The maximum atomic E-state index is 9.04. The summed E-state index contributed by atoms with van der Waals surface area (Å²) in [6, 6.07) is 15.2. The number of benzene rings is 2. The minimum atomic E-state index is 0.0789. The summed E-state index contributed by atoms with van der Waals surface area (Å²) in [6.45, 7) is 2.71. The Balaban J connectivity index is 1.90. The SMILES string of the molecule is COc1ccc(C2(C)CSc3cc(OC)ccc3C2CCCCCCO)cc1. The molecule has 28 heavy (non-hydrogen) atoms. The Bertz CT molecular complexity index is 759. The van der Waals surface area contributed by atoms with Gasteiger partial charge in [-0.05, 0) is 54.2 Å². The molecule has 3 rings (SSSR count). The van der Waals surface area contributed by atoms with Crippen LogP contribution >= 0.6 is 11.8 Å². The average Bonchev–Trinajstić information content (AvgIpc) is 2.74. The van der Waals surface area contributed by atoms with Crippen LogP contribution in [0.15, 0.2) is 47.4 Å². The normalized spacial score (nSPS) is 21.2. The molecule has 0 saturated heterocycles. The third kappa shape index (κ3) is 4.49. The van der Waals surface area contributed by atoms with E-state index in [-0.39, 0.29) is 5.41 Å². The van der Waals surface area contributed by atoms with Crippen molar-refractivity contribution in [2.75, 3.05) is 26.6 Å². The van der Waals surface area contributed by atoms with E-state index in [0.29, 0.717) is 12.5 Å². The number of methoxy groups -OCH3 is 2. The molecule has 2 unspecified atom stereocenters. The minimum Gasteiger partial charge on any atom is -0.497 e. The largest absolute Gasteiger partial charge is 0.497 e. The molecule has 2 aromatic carbocycles. The zero-order valence-corrected chi connectivity index (χ0v) is 18.1. The van der Waals surface area contributed by atoms with Crippen LogP contribution in [0, 0.1) is 0 Å². The summed E-state index contributed by atoms with van der Waals surface area (Å²) in [5, 5.41) is 9.04. The van der Waals surface area contributed by atoms with Gasteiger partial charge in [0.05, 0.1) is 14.2 Å². The van der Waals surface area contributed by atoms with Crippen molar-refractivity contribution in [3.63, 3.8) is 0 Å². The van der Waals surface area contributed by atoms with Gasteiger partial charge in [-0.2, -0.15) is 0 Å². The third-order valence-corrected chi connectivity index (χ3v) is 7.45. The van der Waals surface area contributed by atoms with E-state index in [9.17, 15) is 0 Å². The fourth-order valence-corrected chi connectivity index (χ4v) is 5.67. The van der Waals surface area contributed by atoms with Crippen molar-refractivity contribution in [1.29, 1.82) is 0 Å². The van der Waals surface area contributed by atoms with Gasteiger partial charge in [-0.15, -0.1) is 11.8 Å². The van der Waals surface area contributed by atoms with E-state index in [2.05, 4.69) is 49.4 Å². The molecule has 2 aromatic rings. The second-order valence-corrected chi connectivity index (χ2v) is 8.83. The molecule has 0 bridgehead atoms. The van der Waals surface area contributed by atoms with Crippen molar-refractivity contribution in [2.24, 2.45) is 0 Å². The monoisotopic (exact) mass is 400 g/mol. The van der Waals surface area contributed by atoms with Crippen LogP contribution in [0.4, 0.5) is 0 Å². The quantitative estimate of drug-likeness (QED) is 0.540. The lowest BCUT2D eigenvalue weighted by molar-refractivity contribution is 0.281. The number of unbranched alkanes of at least 4 members (excludes halogenated alkanes) is 3. The molecule has 1 aliphatic rings. The second kappa shape index (κ2) is 9.71. The number of ether oxygens (including phenoxy) is 2. The first-order valence-corrected chi connectivity index (χ1v) is 11.2. The highest BCUT2D eigenvalue weighted by Crippen LogP contribution is 2.52. The van der Waals surface area contributed by atoms with Crippen LogP contribution in [-0.4, -0.2) is 31.7 Å². The number of thioether (sulfide) groups is 1. The van der Waals surface area contributed by atoms with Crippen LogP contribution in [-0.2, 0) is 5.41 Å². The molecule has 0 fully saturated rings. The Morgan fingerprint density at radius 3 is 2.32 bits per heavy atom. The fourth-order valence-electron chi connectivity index (χ4n) is 4.27. The van der Waals surface area contributed by atoms with Crippen molar-refractivity contribution in [1.82, 2.24) is 0 Å². The Kier molecular flexibility index (Phi) is 7.30. The highest BCUT2D eigenvalue weighted by Gasteiger charge is 2.41. The van der Waals surface area contributed by atoms with Crippen molar-refractivity contribution in [3.05, 3.63) is 53.6 Å². The van der Waals surface area contributed by atoms with Gasteiger partial charge in [0.2, 0.25) is 0 Å². The van der Waals surface area contributed by atoms with Crippen LogP contribution in [0.2, 0.25) is 0 Å². The number of hydrogen-bond acceptors (Lipinski definition) is 4. The van der Waals surface area contributed by atoms with Crippen molar-refractivity contribution >= 4 is 11.8 Å². The summed E-state index contributed by atoms with van der Waals surface area (Å²) >= 11 is 1.94. The molecule has 152 valence electrons. The van der Waals surface area contributed by atoms with Crippen LogP contribution < -0.4 is 9.47 Å². The predicted molar refractivity (Wildman–Crippen MR) is 117 cm³/mol. The minimum absolute atomic E-state index is 0.0789. The van der Waals surface area contributed by atoms with Crippen molar-refractivity contribution in [3.8, 4) is 11.5 Å². The van der Waals surface area contributed by atoms with Gasteiger partial charge in [0, 0.05) is 22.7 Å². The molecule has 3 nitrogen and oxygen atoms in total. The molecule has 2 atom stereocenters. The molecule has 1 N–H and O–H groups in total. The Morgan fingerprint density at radius 2 is 1.64 bits per heavy atom. The summed E-state index contributed by atoms with van der Waals surface area (Å²) in [4.78, 5) is 1.35. The molecular weight excluding hydrogens is 368 g/mol. The number of hydrogen-bond donors (Lipinski definition) is 1. The maximum Gasteiger partial charge on any atom is 0.119 e. The third-order valence-electron chi connectivity index (χ3n) is 6.04. The first-order valence-electron chi connectivity index (χ1n) is 10.2. The Morgan fingerprint density at radius 1 is 0.964 bits per heavy atom. The fraction of sp³-hybridized carbons (Fsp3) is 0.500. The predicted octanol–water partition coefficient (Wildman–Crippen LogP) is 5.79. The maximum absolute atomic E-state index is 9.04. The van der Waals surface area contributed by atoms with Crippen molar-refractivity contribution < 1.29 is 14.6 Å². The van der Waals surface area contributed by atoms with Gasteiger partial charge in [0.15, 0.2) is 0 Å². The Hall–Kier alpha value is -1.65. The van der Waals surface area contributed by atoms with Gasteiger partial charge >= 0.3 is 0 Å². The molecular formula is C24H32O3S. The molecule has 0 spiro atoms. The van der Waals surface area contributed by atoms with Crippen LogP contribution in [0.25, 0.3) is 0 Å². The topological polar surface area (TPSA) is 38.7 Å². The van der Waals surface area contributed by atoms with E-state index in [1.165, 1.54) is 28.9 Å². The zero-order valence-electron chi connectivity index (χ0n) is 17.2. The van der Waals surface area contributed by atoms with Gasteiger partial charge in [0.25, 0.3) is 0 Å². The molecule has 1 aliphatic heterocycles. The lowest BCUT2D eigenvalue weighted by Crippen LogP contribution is -2.36. The lowest BCUT2D eigenvalue weighted by Gasteiger charge is -2.43. The summed E-state index contributed by atoms with van der Waals surface area (Å²) in [5.74, 6) is 3.36. The van der Waals surface area contributed by atoms with Gasteiger partial charge in [-0.25, -0.2) is 0 Å². The van der Waals surface area contributed by atoms with Crippen LogP contribution in [0.1, 0.15) is 56.1 Å². The van der Waals surface area contributed by atoms with Gasteiger partial charge < -0.3 is 14.6 Å². The molecule has 0 saturated carbocycles. The summed E-state index contributed by atoms with van der Waals surface area (Å²) in [7, 11) is 3.45. The summed E-state index contributed by atoms with van der Waals surface area (Å²) < 4.78 is 10.8. The van der Waals surface area contributed by atoms with Crippen LogP contribution in [0.5, 0.6) is 11.5 Å². The van der Waals surface area contributed by atoms with E-state index < -0.39 is 0 Å². The molecule has 0 aromatic heterocycles. The average molecular weight is 401 g/mol. The first-order chi connectivity index (χ1) is 13.6. The molecule has 0 aliphatic carbocycles. The second-order valence-electron chi connectivity index (χ2n) is 7.82. The Labute approximate surface area is 173 Å². The molecule has 4 heteroatoms. The van der Waals surface area contributed by atoms with E-state index in [1.807, 2.05) is 11.8 Å². The number of rotatable bonds is 9. The van der Waals surface area contributed by atoms with E-state index >= 15 is 0 Å². The number of aliphatic hydroxyl groups excluding tert-OH is 1. The smallest absolute Gasteiger partial charge is 0.119 e. The van der Waals surface area contributed by atoms with Gasteiger partial charge in [-0.1, -0.05) is 44.4 Å². The molecule has 0 amide bonds. The van der Waals surface area contributed by atoms with E-state index in [0.717, 1.165) is 36.5 Å². The van der Waals surface area contributed by atoms with Gasteiger partial charge in [-0.3, -0.25) is 0 Å². The van der Waals surface area contributed by atoms with Gasteiger partial charge in [0.1, 0.15) is 11.5 Å². The lowest BCUT2D eigenvalue weighted by atomic mass is 9.68. The zero-order chi connectivity index (χ0) is 20.0.